The van der Waals surface area contributed by atoms with Crippen molar-refractivity contribution in [3.63, 3.8) is 0 Å². The molecule has 3 aromatic rings. The fraction of sp³-hybridized carbons (Fsp3) is 0.542. The average Bonchev–Trinajstić information content (AvgIpc) is 3.55. The lowest BCUT2D eigenvalue weighted by atomic mass is 9.87. The van der Waals surface area contributed by atoms with Gasteiger partial charge in [-0.25, -0.2) is 9.59 Å². The summed E-state index contributed by atoms with van der Waals surface area (Å²) in [5.74, 6) is 0.117. The number of ether oxygens (including phenoxy) is 2. The fourth-order valence-electron chi connectivity index (χ4n) is 5.65. The molecule has 3 aliphatic rings. The van der Waals surface area contributed by atoms with E-state index in [0.717, 1.165) is 49.6 Å². The summed E-state index contributed by atoms with van der Waals surface area (Å²) in [5, 5.41) is 4.99. The first-order valence-corrected chi connectivity index (χ1v) is 11.5. The Morgan fingerprint density at radius 3 is 2.78 bits per heavy atom. The van der Waals surface area contributed by atoms with Crippen molar-refractivity contribution in [3.05, 3.63) is 51.9 Å². The molecule has 0 bridgehead atoms. The number of aromatic amines is 1. The molecule has 2 aromatic heterocycles. The van der Waals surface area contributed by atoms with Crippen LogP contribution in [0.2, 0.25) is 0 Å². The van der Waals surface area contributed by atoms with Crippen LogP contribution in [0.3, 0.4) is 0 Å². The lowest BCUT2D eigenvalue weighted by Gasteiger charge is -2.30. The molecule has 1 aliphatic heterocycles. The second-order valence-electron chi connectivity index (χ2n) is 9.60. The standard InChI is InChI=1S/C24H27N3O5/c1-3-30-20(28)19-11-17-10-15(16-6-9-31-23(13-16)7-8-23)4-5-18(17)27(19)24(12-14(24)2)21-25-22(29)32-26-21/h4-5,10-11,14,16H,3,6-9,12-13H2,1-2H3,(H,25,26,29)/t14-,16-,24-/m0/s1. The van der Waals surface area contributed by atoms with Gasteiger partial charge in [-0.05, 0) is 74.6 Å². The molecule has 1 N–H and O–H groups in total. The van der Waals surface area contributed by atoms with Crippen LogP contribution in [-0.4, -0.2) is 39.5 Å². The van der Waals surface area contributed by atoms with Crippen LogP contribution in [0, 0.1) is 5.92 Å². The maximum atomic E-state index is 13.0. The highest BCUT2D eigenvalue weighted by molar-refractivity contribution is 5.96. The zero-order valence-corrected chi connectivity index (χ0v) is 18.3. The molecule has 3 atom stereocenters. The number of benzene rings is 1. The number of rotatable bonds is 5. The Morgan fingerprint density at radius 1 is 1.31 bits per heavy atom. The van der Waals surface area contributed by atoms with Crippen molar-refractivity contribution in [1.82, 2.24) is 14.7 Å². The van der Waals surface area contributed by atoms with Gasteiger partial charge in [0.2, 0.25) is 0 Å². The molecular weight excluding hydrogens is 410 g/mol. The predicted octanol–water partition coefficient (Wildman–Crippen LogP) is 3.70. The quantitative estimate of drug-likeness (QED) is 0.611. The summed E-state index contributed by atoms with van der Waals surface area (Å²) in [5.41, 5.74) is 2.16. The maximum Gasteiger partial charge on any atom is 0.438 e. The summed E-state index contributed by atoms with van der Waals surface area (Å²) in [6, 6.07) is 8.38. The molecule has 8 heteroatoms. The van der Waals surface area contributed by atoms with E-state index in [1.807, 2.05) is 10.6 Å². The summed E-state index contributed by atoms with van der Waals surface area (Å²) < 4.78 is 18.2. The van der Waals surface area contributed by atoms with Gasteiger partial charge in [-0.3, -0.25) is 9.51 Å². The zero-order chi connectivity index (χ0) is 22.1. The number of aromatic nitrogens is 3. The topological polar surface area (TPSA) is 99.3 Å². The number of esters is 1. The van der Waals surface area contributed by atoms with E-state index in [1.54, 1.807) is 6.92 Å². The van der Waals surface area contributed by atoms with Crippen molar-refractivity contribution >= 4 is 16.9 Å². The van der Waals surface area contributed by atoms with E-state index in [9.17, 15) is 9.59 Å². The third-order valence-electron chi connectivity index (χ3n) is 7.60. The van der Waals surface area contributed by atoms with Crippen molar-refractivity contribution in [2.24, 2.45) is 5.92 Å². The van der Waals surface area contributed by atoms with Crippen molar-refractivity contribution in [1.29, 1.82) is 0 Å². The first kappa shape index (κ1) is 19.8. The third-order valence-corrected chi connectivity index (χ3v) is 7.60. The largest absolute Gasteiger partial charge is 0.461 e. The molecule has 2 saturated carbocycles. The molecule has 3 heterocycles. The second kappa shape index (κ2) is 6.81. The van der Waals surface area contributed by atoms with E-state index in [1.165, 1.54) is 5.56 Å². The van der Waals surface area contributed by atoms with Gasteiger partial charge in [0.15, 0.2) is 5.82 Å². The highest BCUT2D eigenvalue weighted by Crippen LogP contribution is 2.56. The number of carbonyl (C=O) groups is 1. The highest BCUT2D eigenvalue weighted by Gasteiger charge is 2.59. The van der Waals surface area contributed by atoms with Crippen LogP contribution in [0.25, 0.3) is 10.9 Å². The Hall–Kier alpha value is -2.87. The van der Waals surface area contributed by atoms with Gasteiger partial charge in [0.05, 0.1) is 12.2 Å². The molecule has 0 amide bonds. The molecule has 8 nitrogen and oxygen atoms in total. The molecule has 32 heavy (non-hydrogen) atoms. The van der Waals surface area contributed by atoms with Crippen LogP contribution in [0.15, 0.2) is 33.6 Å². The van der Waals surface area contributed by atoms with Crippen molar-refractivity contribution in [2.45, 2.75) is 63.0 Å². The molecule has 2 aliphatic carbocycles. The first-order chi connectivity index (χ1) is 15.5. The second-order valence-corrected chi connectivity index (χ2v) is 9.60. The molecule has 1 spiro atoms. The van der Waals surface area contributed by atoms with Crippen molar-refractivity contribution < 1.29 is 18.8 Å². The van der Waals surface area contributed by atoms with Gasteiger partial charge in [-0.15, -0.1) is 0 Å². The smallest absolute Gasteiger partial charge is 0.438 e. The molecule has 168 valence electrons. The monoisotopic (exact) mass is 437 g/mol. The summed E-state index contributed by atoms with van der Waals surface area (Å²) >= 11 is 0. The lowest BCUT2D eigenvalue weighted by molar-refractivity contribution is -0.0132. The molecular formula is C24H27N3O5. The number of carbonyl (C=O) groups excluding carboxylic acids is 1. The molecule has 1 aromatic carbocycles. The van der Waals surface area contributed by atoms with Crippen LogP contribution < -0.4 is 5.76 Å². The van der Waals surface area contributed by atoms with Crippen molar-refractivity contribution in [3.8, 4) is 0 Å². The van der Waals surface area contributed by atoms with Crippen LogP contribution in [0.1, 0.15) is 73.7 Å². The molecule has 6 rings (SSSR count). The van der Waals surface area contributed by atoms with Gasteiger partial charge in [0, 0.05) is 17.5 Å². The highest BCUT2D eigenvalue weighted by atomic mass is 16.5. The molecule has 3 fully saturated rings. The predicted molar refractivity (Wildman–Crippen MR) is 116 cm³/mol. The SMILES string of the molecule is CCOC(=O)c1cc2cc([C@H]3CCOC4(CC4)C3)ccc2n1[C@@]1(c2noc(=O)[nH]2)C[C@@H]1C. The summed E-state index contributed by atoms with van der Waals surface area (Å²) in [6.07, 6.45) is 5.14. The van der Waals surface area contributed by atoms with E-state index >= 15 is 0 Å². The zero-order valence-electron chi connectivity index (χ0n) is 18.3. The number of nitrogens with one attached hydrogen (secondary N) is 1. The van der Waals surface area contributed by atoms with E-state index < -0.39 is 11.3 Å². The summed E-state index contributed by atoms with van der Waals surface area (Å²) in [7, 11) is 0. The van der Waals surface area contributed by atoms with Gasteiger partial charge in [0.1, 0.15) is 11.2 Å². The molecule has 1 saturated heterocycles. The van der Waals surface area contributed by atoms with Crippen molar-refractivity contribution in [2.75, 3.05) is 13.2 Å². The minimum atomic E-state index is -0.631. The maximum absolute atomic E-state index is 13.0. The Kier molecular flexibility index (Phi) is 4.21. The van der Waals surface area contributed by atoms with Gasteiger partial charge in [-0.2, -0.15) is 0 Å². The van der Waals surface area contributed by atoms with Gasteiger partial charge in [0.25, 0.3) is 0 Å². The van der Waals surface area contributed by atoms with Crippen LogP contribution in [0.5, 0.6) is 0 Å². The number of hydrogen-bond donors (Lipinski definition) is 1. The number of H-pyrrole nitrogens is 1. The van der Waals surface area contributed by atoms with Gasteiger partial charge in [-0.1, -0.05) is 18.1 Å². The molecule has 0 radical (unpaired) electrons. The lowest BCUT2D eigenvalue weighted by Crippen LogP contribution is -2.27. The minimum absolute atomic E-state index is 0.103. The number of fused-ring (bicyclic) bond motifs is 1. The molecule has 0 unspecified atom stereocenters. The third kappa shape index (κ3) is 2.88. The Labute approximate surface area is 184 Å². The van der Waals surface area contributed by atoms with E-state index in [0.29, 0.717) is 24.0 Å². The van der Waals surface area contributed by atoms with E-state index in [-0.39, 0.29) is 17.5 Å². The number of nitrogens with zero attached hydrogens (tertiary/aromatic N) is 2. The Bertz CT molecular complexity index is 1270. The van der Waals surface area contributed by atoms with Crippen LogP contribution in [-0.2, 0) is 15.0 Å². The number of hydrogen-bond acceptors (Lipinski definition) is 6. The Balaban J connectivity index is 1.48. The fourth-order valence-corrected chi connectivity index (χ4v) is 5.65. The van der Waals surface area contributed by atoms with Gasteiger partial charge < -0.3 is 14.0 Å². The van der Waals surface area contributed by atoms with Gasteiger partial charge >= 0.3 is 11.7 Å². The first-order valence-electron chi connectivity index (χ1n) is 11.5. The summed E-state index contributed by atoms with van der Waals surface area (Å²) in [4.78, 5) is 27.4. The summed E-state index contributed by atoms with van der Waals surface area (Å²) in [6.45, 7) is 4.97. The normalized spacial score (nSPS) is 28.2. The minimum Gasteiger partial charge on any atom is -0.461 e. The van der Waals surface area contributed by atoms with E-state index in [4.69, 9.17) is 14.0 Å². The van der Waals surface area contributed by atoms with Crippen LogP contribution in [0.4, 0.5) is 0 Å². The van der Waals surface area contributed by atoms with E-state index in [2.05, 4.69) is 35.3 Å². The Morgan fingerprint density at radius 2 is 2.12 bits per heavy atom. The average molecular weight is 437 g/mol. The van der Waals surface area contributed by atoms with Crippen LogP contribution >= 0.6 is 0 Å².